The van der Waals surface area contributed by atoms with Gasteiger partial charge in [0, 0.05) is 44.1 Å². The molecule has 8 heteroatoms. The first-order valence-corrected chi connectivity index (χ1v) is 11.1. The highest BCUT2D eigenvalue weighted by Gasteiger charge is 2.25. The summed E-state index contributed by atoms with van der Waals surface area (Å²) in [5.74, 6) is 0.896. The number of piperazine rings is 1. The third-order valence-electron chi connectivity index (χ3n) is 5.44. The molecule has 33 heavy (non-hydrogen) atoms. The lowest BCUT2D eigenvalue weighted by molar-refractivity contribution is 0.0671. The number of anilines is 1. The summed E-state index contributed by atoms with van der Waals surface area (Å²) < 4.78 is 5.87. The van der Waals surface area contributed by atoms with E-state index < -0.39 is 0 Å². The maximum atomic E-state index is 13.0. The van der Waals surface area contributed by atoms with Gasteiger partial charge in [-0.3, -0.25) is 10.1 Å². The van der Waals surface area contributed by atoms with Crippen molar-refractivity contribution in [2.45, 2.75) is 12.8 Å². The number of nitrogens with zero attached hydrogens (tertiary/aromatic N) is 4. The van der Waals surface area contributed by atoms with Gasteiger partial charge in [-0.1, -0.05) is 36.4 Å². The van der Waals surface area contributed by atoms with E-state index in [9.17, 15) is 9.59 Å². The van der Waals surface area contributed by atoms with Crippen molar-refractivity contribution in [3.8, 4) is 5.75 Å². The summed E-state index contributed by atoms with van der Waals surface area (Å²) in [7, 11) is 0. The van der Waals surface area contributed by atoms with E-state index >= 15 is 0 Å². The summed E-state index contributed by atoms with van der Waals surface area (Å²) >= 11 is 0. The predicted molar refractivity (Wildman–Crippen MR) is 125 cm³/mol. The van der Waals surface area contributed by atoms with E-state index in [2.05, 4.69) is 27.4 Å². The van der Waals surface area contributed by atoms with Crippen LogP contribution in [0.5, 0.6) is 5.75 Å². The molecular formula is C25H27N5O3. The molecule has 2 aromatic carbocycles. The van der Waals surface area contributed by atoms with Crippen LogP contribution in [-0.4, -0.2) is 64.5 Å². The predicted octanol–water partition coefficient (Wildman–Crippen LogP) is 3.48. The van der Waals surface area contributed by atoms with Gasteiger partial charge in [-0.2, -0.15) is 0 Å². The first-order valence-electron chi connectivity index (χ1n) is 11.1. The Kier molecular flexibility index (Phi) is 7.48. The Hall–Kier alpha value is -3.94. The number of amides is 3. The molecule has 0 unspecified atom stereocenters. The number of rotatable bonds is 7. The van der Waals surface area contributed by atoms with Crippen LogP contribution in [0.15, 0.2) is 73.1 Å². The second-order valence-corrected chi connectivity index (χ2v) is 7.75. The van der Waals surface area contributed by atoms with E-state index in [1.807, 2.05) is 30.3 Å². The van der Waals surface area contributed by atoms with Crippen LogP contribution in [-0.2, 0) is 6.42 Å². The number of hydrogen-bond donors (Lipinski definition) is 1. The van der Waals surface area contributed by atoms with Crippen molar-refractivity contribution in [1.29, 1.82) is 0 Å². The van der Waals surface area contributed by atoms with Crippen molar-refractivity contribution in [3.63, 3.8) is 0 Å². The molecule has 0 spiro atoms. The van der Waals surface area contributed by atoms with Crippen molar-refractivity contribution >= 4 is 17.9 Å². The van der Waals surface area contributed by atoms with Gasteiger partial charge in [0.05, 0.1) is 6.61 Å². The lowest BCUT2D eigenvalue weighted by Crippen LogP contribution is -2.51. The summed E-state index contributed by atoms with van der Waals surface area (Å²) in [5, 5.41) is 2.67. The minimum Gasteiger partial charge on any atom is -0.494 e. The van der Waals surface area contributed by atoms with Crippen LogP contribution in [0.2, 0.25) is 0 Å². The van der Waals surface area contributed by atoms with Crippen molar-refractivity contribution in [2.24, 2.45) is 0 Å². The largest absolute Gasteiger partial charge is 0.494 e. The summed E-state index contributed by atoms with van der Waals surface area (Å²) in [6.45, 7) is 2.40. The minimum absolute atomic E-state index is 0.0591. The summed E-state index contributed by atoms with van der Waals surface area (Å²) in [5.41, 5.74) is 1.88. The zero-order valence-corrected chi connectivity index (χ0v) is 18.4. The van der Waals surface area contributed by atoms with Gasteiger partial charge < -0.3 is 14.5 Å². The molecule has 3 aromatic rings. The number of benzene rings is 2. The Morgan fingerprint density at radius 3 is 2.36 bits per heavy atom. The number of ether oxygens (including phenoxy) is 1. The van der Waals surface area contributed by atoms with Crippen LogP contribution in [0.3, 0.4) is 0 Å². The molecule has 0 atom stereocenters. The van der Waals surface area contributed by atoms with Gasteiger partial charge in [0.25, 0.3) is 5.91 Å². The molecule has 1 fully saturated rings. The number of carbonyl (C=O) groups is 2. The summed E-state index contributed by atoms with van der Waals surface area (Å²) in [6, 6.07) is 19.0. The zero-order valence-electron chi connectivity index (χ0n) is 18.4. The lowest BCUT2D eigenvalue weighted by atomic mass is 10.1. The number of nitrogens with one attached hydrogen (secondary N) is 1. The monoisotopic (exact) mass is 445 g/mol. The van der Waals surface area contributed by atoms with E-state index in [1.165, 1.54) is 5.56 Å². The number of aromatic nitrogens is 2. The average Bonchev–Trinajstić information content (AvgIpc) is 2.88. The fourth-order valence-electron chi connectivity index (χ4n) is 3.66. The number of carbonyl (C=O) groups excluding carboxylic acids is 2. The number of urea groups is 1. The second-order valence-electron chi connectivity index (χ2n) is 7.75. The molecule has 2 heterocycles. The molecule has 1 aliphatic heterocycles. The fraction of sp³-hybridized carbons (Fsp3) is 0.280. The molecule has 3 amide bonds. The molecule has 1 aromatic heterocycles. The van der Waals surface area contributed by atoms with Gasteiger partial charge in [-0.15, -0.1) is 0 Å². The highest BCUT2D eigenvalue weighted by molar-refractivity contribution is 5.95. The van der Waals surface area contributed by atoms with E-state index in [4.69, 9.17) is 4.74 Å². The highest BCUT2D eigenvalue weighted by atomic mass is 16.5. The maximum absolute atomic E-state index is 13.0. The molecule has 0 aliphatic carbocycles. The fourth-order valence-corrected chi connectivity index (χ4v) is 3.66. The van der Waals surface area contributed by atoms with Gasteiger partial charge in [0.1, 0.15) is 5.75 Å². The number of aryl methyl sites for hydroxylation is 1. The summed E-state index contributed by atoms with van der Waals surface area (Å²) in [6.07, 6.45) is 4.99. The molecule has 170 valence electrons. The molecule has 0 saturated carbocycles. The van der Waals surface area contributed by atoms with Gasteiger partial charge in [-0.05, 0) is 42.7 Å². The molecule has 0 radical (unpaired) electrons. The molecule has 0 bridgehead atoms. The van der Waals surface area contributed by atoms with Crippen LogP contribution < -0.4 is 10.1 Å². The standard InChI is InChI=1S/C25H27N5O3/c31-23(29-14-16-30(17-15-29)25(32)28-24-26-12-6-13-27-24)21-10-4-11-22(19-21)33-18-5-9-20-7-2-1-3-8-20/h1-4,6-8,10-13,19H,5,9,14-18H2,(H,26,27,28,32). The molecule has 1 saturated heterocycles. The zero-order chi connectivity index (χ0) is 22.9. The molecule has 1 N–H and O–H groups in total. The first kappa shape index (κ1) is 22.3. The van der Waals surface area contributed by atoms with Crippen LogP contribution in [0.1, 0.15) is 22.3 Å². The van der Waals surface area contributed by atoms with E-state index in [1.54, 1.807) is 40.4 Å². The van der Waals surface area contributed by atoms with Crippen molar-refractivity contribution in [3.05, 3.63) is 84.2 Å². The molecule has 8 nitrogen and oxygen atoms in total. The lowest BCUT2D eigenvalue weighted by Gasteiger charge is -2.34. The molecule has 1 aliphatic rings. The maximum Gasteiger partial charge on any atom is 0.324 e. The Labute approximate surface area is 193 Å². The van der Waals surface area contributed by atoms with Crippen molar-refractivity contribution in [1.82, 2.24) is 19.8 Å². The molecule has 4 rings (SSSR count). The van der Waals surface area contributed by atoms with E-state index in [0.29, 0.717) is 44.1 Å². The smallest absolute Gasteiger partial charge is 0.324 e. The Morgan fingerprint density at radius 2 is 1.61 bits per heavy atom. The van der Waals surface area contributed by atoms with Crippen molar-refractivity contribution < 1.29 is 14.3 Å². The first-order chi connectivity index (χ1) is 16.2. The van der Waals surface area contributed by atoms with Crippen LogP contribution in [0.25, 0.3) is 0 Å². The number of hydrogen-bond acceptors (Lipinski definition) is 5. The normalized spacial score (nSPS) is 13.5. The van der Waals surface area contributed by atoms with Gasteiger partial charge in [0.2, 0.25) is 5.95 Å². The average molecular weight is 446 g/mol. The summed E-state index contributed by atoms with van der Waals surface area (Å²) in [4.78, 5) is 36.8. The Morgan fingerprint density at radius 1 is 0.879 bits per heavy atom. The SMILES string of the molecule is O=C(Nc1ncccn1)N1CCN(C(=O)c2cccc(OCCCc3ccccc3)c2)CC1. The van der Waals surface area contributed by atoms with E-state index in [-0.39, 0.29) is 17.9 Å². The topological polar surface area (TPSA) is 87.7 Å². The van der Waals surface area contributed by atoms with Gasteiger partial charge in [0.15, 0.2) is 0 Å². The van der Waals surface area contributed by atoms with Crippen LogP contribution in [0.4, 0.5) is 10.7 Å². The quantitative estimate of drug-likeness (QED) is 0.563. The third kappa shape index (κ3) is 6.29. The Balaban J connectivity index is 1.24. The molecular weight excluding hydrogens is 418 g/mol. The van der Waals surface area contributed by atoms with Gasteiger partial charge in [-0.25, -0.2) is 14.8 Å². The highest BCUT2D eigenvalue weighted by Crippen LogP contribution is 2.17. The third-order valence-corrected chi connectivity index (χ3v) is 5.44. The second kappa shape index (κ2) is 11.1. The van der Waals surface area contributed by atoms with Crippen LogP contribution >= 0.6 is 0 Å². The van der Waals surface area contributed by atoms with Crippen LogP contribution in [0, 0.1) is 0 Å². The van der Waals surface area contributed by atoms with E-state index in [0.717, 1.165) is 12.8 Å². The van der Waals surface area contributed by atoms with Gasteiger partial charge >= 0.3 is 6.03 Å². The Bertz CT molecular complexity index is 1050. The minimum atomic E-state index is -0.265. The van der Waals surface area contributed by atoms with Crippen molar-refractivity contribution in [2.75, 3.05) is 38.1 Å².